The molecule has 4 aromatic rings. The van der Waals surface area contributed by atoms with E-state index in [1.807, 2.05) is 48.7 Å². The quantitative estimate of drug-likeness (QED) is 0.360. The molecule has 35 heavy (non-hydrogen) atoms. The Balaban J connectivity index is 1.42. The number of fused-ring (bicyclic) bond motifs is 1. The van der Waals surface area contributed by atoms with Gasteiger partial charge in [-0.1, -0.05) is 23.7 Å². The molecule has 8 heteroatoms. The van der Waals surface area contributed by atoms with Gasteiger partial charge in [-0.05, 0) is 75.7 Å². The molecule has 5 rings (SSSR count). The molecule has 0 amide bonds. The fourth-order valence-electron chi connectivity index (χ4n) is 4.57. The minimum atomic E-state index is -0.175. The van der Waals surface area contributed by atoms with E-state index in [9.17, 15) is 4.79 Å². The molecule has 0 aliphatic carbocycles. The molecule has 1 aliphatic rings. The number of rotatable bonds is 7. The number of hydrogen-bond acceptors (Lipinski definition) is 5. The highest BCUT2D eigenvalue weighted by atomic mass is 35.5. The summed E-state index contributed by atoms with van der Waals surface area (Å²) in [6.45, 7) is 7.16. The van der Waals surface area contributed by atoms with Gasteiger partial charge in [0.25, 0.3) is 5.56 Å². The summed E-state index contributed by atoms with van der Waals surface area (Å²) in [7, 11) is 1.60. The molecule has 0 unspecified atom stereocenters. The van der Waals surface area contributed by atoms with Crippen LogP contribution in [0.5, 0.6) is 11.5 Å². The van der Waals surface area contributed by atoms with Gasteiger partial charge >= 0.3 is 0 Å². The Hall–Kier alpha value is -3.29. The van der Waals surface area contributed by atoms with Gasteiger partial charge < -0.3 is 9.47 Å². The summed E-state index contributed by atoms with van der Waals surface area (Å²) < 4.78 is 14.9. The van der Waals surface area contributed by atoms with E-state index in [-0.39, 0.29) is 11.1 Å². The van der Waals surface area contributed by atoms with Crippen LogP contribution in [0.2, 0.25) is 5.02 Å². The second kappa shape index (κ2) is 9.40. The smallest absolute Gasteiger partial charge is 0.282 e. The number of likely N-dealkylation sites (tertiary alicyclic amines) is 1. The van der Waals surface area contributed by atoms with Crippen molar-refractivity contribution in [3.63, 3.8) is 0 Å². The molecule has 2 aromatic carbocycles. The van der Waals surface area contributed by atoms with Crippen LogP contribution in [-0.2, 0) is 0 Å². The van der Waals surface area contributed by atoms with Crippen molar-refractivity contribution in [3.05, 3.63) is 76.4 Å². The van der Waals surface area contributed by atoms with E-state index < -0.39 is 0 Å². The third-order valence-electron chi connectivity index (χ3n) is 6.68. The number of halogens is 1. The van der Waals surface area contributed by atoms with Crippen molar-refractivity contribution in [2.24, 2.45) is 0 Å². The lowest BCUT2D eigenvalue weighted by Gasteiger charge is -2.35. The van der Waals surface area contributed by atoms with Gasteiger partial charge in [-0.15, -0.1) is 0 Å². The van der Waals surface area contributed by atoms with Crippen LogP contribution in [0.4, 0.5) is 0 Å². The zero-order valence-corrected chi connectivity index (χ0v) is 21.0. The van der Waals surface area contributed by atoms with Crippen molar-refractivity contribution in [3.8, 4) is 28.3 Å². The van der Waals surface area contributed by atoms with Gasteiger partial charge in [0.1, 0.15) is 18.5 Å². The Morgan fingerprint density at radius 3 is 2.46 bits per heavy atom. The van der Waals surface area contributed by atoms with E-state index in [4.69, 9.17) is 21.1 Å². The lowest BCUT2D eigenvalue weighted by molar-refractivity contribution is 0.0879. The molecule has 3 heterocycles. The van der Waals surface area contributed by atoms with Crippen LogP contribution in [0, 0.1) is 0 Å². The highest BCUT2D eigenvalue weighted by molar-refractivity contribution is 6.30. The first kappa shape index (κ1) is 23.5. The normalized spacial score (nSPS) is 14.5. The summed E-state index contributed by atoms with van der Waals surface area (Å²) in [6, 6.07) is 14.8. The molecule has 182 valence electrons. The van der Waals surface area contributed by atoms with Crippen molar-refractivity contribution in [2.45, 2.75) is 32.2 Å². The van der Waals surface area contributed by atoms with E-state index in [1.54, 1.807) is 17.7 Å². The molecule has 1 saturated heterocycles. The summed E-state index contributed by atoms with van der Waals surface area (Å²) >= 11 is 6.01. The van der Waals surface area contributed by atoms with Crippen LogP contribution in [0.25, 0.3) is 22.3 Å². The van der Waals surface area contributed by atoms with Gasteiger partial charge in [-0.2, -0.15) is 5.10 Å². The highest BCUT2D eigenvalue weighted by Gasteiger charge is 2.30. The summed E-state index contributed by atoms with van der Waals surface area (Å²) in [4.78, 5) is 15.8. The van der Waals surface area contributed by atoms with Crippen LogP contribution in [0.15, 0.2) is 65.8 Å². The first-order chi connectivity index (χ1) is 16.9. The number of benzene rings is 2. The highest BCUT2D eigenvalue weighted by Crippen LogP contribution is 2.31. The molecule has 0 atom stereocenters. The molecule has 0 spiro atoms. The fourth-order valence-corrected chi connectivity index (χ4v) is 4.69. The van der Waals surface area contributed by atoms with Crippen LogP contribution in [0.3, 0.4) is 0 Å². The van der Waals surface area contributed by atoms with Crippen molar-refractivity contribution in [1.82, 2.24) is 19.1 Å². The summed E-state index contributed by atoms with van der Waals surface area (Å²) in [6.07, 6.45) is 5.82. The van der Waals surface area contributed by atoms with Gasteiger partial charge in [0.2, 0.25) is 0 Å². The van der Waals surface area contributed by atoms with Gasteiger partial charge in [0.05, 0.1) is 12.8 Å². The maximum absolute atomic E-state index is 13.3. The lowest BCUT2D eigenvalue weighted by Crippen LogP contribution is -2.46. The molecule has 2 aromatic heterocycles. The number of ether oxygens (including phenoxy) is 2. The molecule has 0 radical (unpaired) electrons. The predicted octanol–water partition coefficient (Wildman–Crippen LogP) is 5.07. The Bertz CT molecular complexity index is 1400. The van der Waals surface area contributed by atoms with Crippen molar-refractivity contribution in [1.29, 1.82) is 0 Å². The van der Waals surface area contributed by atoms with Crippen LogP contribution in [-0.4, -0.2) is 51.4 Å². The summed E-state index contributed by atoms with van der Waals surface area (Å²) in [5, 5.41) is 5.11. The van der Waals surface area contributed by atoms with Crippen molar-refractivity contribution in [2.75, 3.05) is 26.8 Å². The maximum atomic E-state index is 13.3. The molecule has 1 aliphatic heterocycles. The second-order valence-corrected chi connectivity index (χ2v) is 9.94. The first-order valence-corrected chi connectivity index (χ1v) is 12.2. The van der Waals surface area contributed by atoms with Gasteiger partial charge in [0, 0.05) is 28.4 Å². The van der Waals surface area contributed by atoms with Crippen molar-refractivity contribution >= 4 is 17.1 Å². The Morgan fingerprint density at radius 1 is 1.00 bits per heavy atom. The second-order valence-electron chi connectivity index (χ2n) is 9.50. The summed E-state index contributed by atoms with van der Waals surface area (Å²) in [5.74, 6) is 1.22. The summed E-state index contributed by atoms with van der Waals surface area (Å²) in [5.41, 5.74) is 2.75. The first-order valence-electron chi connectivity index (χ1n) is 11.8. The molecule has 0 N–H and O–H groups in total. The Morgan fingerprint density at radius 2 is 1.74 bits per heavy atom. The fraction of sp³-hybridized carbons (Fsp3) is 0.333. The van der Waals surface area contributed by atoms with Gasteiger partial charge in [-0.25, -0.2) is 4.52 Å². The lowest BCUT2D eigenvalue weighted by atomic mass is 10.1. The number of hydrogen-bond donors (Lipinski definition) is 0. The third-order valence-corrected chi connectivity index (χ3v) is 6.93. The minimum absolute atomic E-state index is 0.0666. The molecule has 0 bridgehead atoms. The van der Waals surface area contributed by atoms with Gasteiger partial charge in [-0.3, -0.25) is 14.3 Å². The molecule has 1 fully saturated rings. The van der Waals surface area contributed by atoms with Crippen molar-refractivity contribution < 1.29 is 9.47 Å². The average Bonchev–Trinajstić information content (AvgIpc) is 3.55. The van der Waals surface area contributed by atoms with Crippen LogP contribution < -0.4 is 15.0 Å². The van der Waals surface area contributed by atoms with E-state index in [0.717, 1.165) is 24.2 Å². The van der Waals surface area contributed by atoms with Crippen LogP contribution in [0.1, 0.15) is 26.7 Å². The largest absolute Gasteiger partial charge is 0.493 e. The average molecular weight is 493 g/mol. The topological polar surface area (TPSA) is 61.0 Å². The van der Waals surface area contributed by atoms with E-state index >= 15 is 0 Å². The zero-order valence-electron chi connectivity index (χ0n) is 20.2. The number of methoxy groups -OCH3 is 1. The molecule has 7 nitrogen and oxygen atoms in total. The Labute approximate surface area is 209 Å². The number of nitrogens with zero attached hydrogens (tertiary/aromatic N) is 4. The van der Waals surface area contributed by atoms with E-state index in [1.165, 1.54) is 23.7 Å². The van der Waals surface area contributed by atoms with E-state index in [2.05, 4.69) is 23.8 Å². The molecular formula is C27H29ClN4O3. The number of aromatic nitrogens is 3. The SMILES string of the molecule is COc1cc(-n2cnn3cc(-c4ccc(Cl)cc4)cc3c2=O)ccc1OCC(C)(C)N1CCCC1. The van der Waals surface area contributed by atoms with E-state index in [0.29, 0.717) is 34.3 Å². The van der Waals surface area contributed by atoms with Crippen LogP contribution >= 0.6 is 11.6 Å². The maximum Gasteiger partial charge on any atom is 0.282 e. The third kappa shape index (κ3) is 4.66. The molecule has 0 saturated carbocycles. The monoisotopic (exact) mass is 492 g/mol. The molecular weight excluding hydrogens is 464 g/mol. The van der Waals surface area contributed by atoms with Gasteiger partial charge in [0.15, 0.2) is 11.5 Å². The minimum Gasteiger partial charge on any atom is -0.493 e. The predicted molar refractivity (Wildman–Crippen MR) is 138 cm³/mol. The standard InChI is InChI=1S/C27H29ClN4O3/c1-27(2,30-12-4-5-13-30)17-35-24-11-10-22(15-25(24)34-3)31-18-29-32-16-20(14-23(32)26(31)33)19-6-8-21(28)9-7-19/h6-11,14-16,18H,4-5,12-13,17H2,1-3H3. The zero-order chi connectivity index (χ0) is 24.6. The Kier molecular flexibility index (Phi) is 6.30.